The molecule has 1 atom stereocenters. The topological polar surface area (TPSA) is 38.3 Å². The fraction of sp³-hybridized carbons (Fsp3) is 0.875. The fourth-order valence-electron chi connectivity index (χ4n) is 1.31. The molecule has 0 bridgehead atoms. The lowest BCUT2D eigenvalue weighted by atomic mass is 10.3. The van der Waals surface area contributed by atoms with Crippen LogP contribution in [-0.2, 0) is 9.53 Å². The summed E-state index contributed by atoms with van der Waals surface area (Å²) in [5.74, 6) is 0.272. The Morgan fingerprint density at radius 2 is 2.18 bits per heavy atom. The summed E-state index contributed by atoms with van der Waals surface area (Å²) in [5.41, 5.74) is 0. The monoisotopic (exact) mass is 155 g/mol. The van der Waals surface area contributed by atoms with E-state index in [-0.39, 0.29) is 18.0 Å². The minimum absolute atomic E-state index is 0.0266. The lowest BCUT2D eigenvalue weighted by molar-refractivity contribution is -0.149. The van der Waals surface area contributed by atoms with Crippen LogP contribution < -0.4 is 5.32 Å². The van der Waals surface area contributed by atoms with Crippen LogP contribution in [0.5, 0.6) is 0 Å². The summed E-state index contributed by atoms with van der Waals surface area (Å²) >= 11 is 0. The molecule has 0 aromatic heterocycles. The van der Waals surface area contributed by atoms with Crippen molar-refractivity contribution >= 4 is 5.97 Å². The molecular formula is C8H13NO2. The van der Waals surface area contributed by atoms with Crippen molar-refractivity contribution in [3.63, 3.8) is 0 Å². The first kappa shape index (κ1) is 7.10. The standard InChI is InChI=1S/C8H13NO2/c10-8(6-1-2-6)11-7-3-4-9-5-7/h6-7,9H,1-5H2/t7-/m1/s1. The normalized spacial score (nSPS) is 30.4. The van der Waals surface area contributed by atoms with Crippen LogP contribution in [0.15, 0.2) is 0 Å². The van der Waals surface area contributed by atoms with E-state index in [1.807, 2.05) is 0 Å². The first-order valence-electron chi connectivity index (χ1n) is 4.27. The maximum absolute atomic E-state index is 11.1. The Balaban J connectivity index is 1.74. The highest BCUT2D eigenvalue weighted by molar-refractivity contribution is 5.75. The summed E-state index contributed by atoms with van der Waals surface area (Å²) in [4.78, 5) is 11.1. The highest BCUT2D eigenvalue weighted by Gasteiger charge is 2.33. The van der Waals surface area contributed by atoms with E-state index in [0.29, 0.717) is 0 Å². The third-order valence-electron chi connectivity index (χ3n) is 2.21. The van der Waals surface area contributed by atoms with Gasteiger partial charge in [-0.05, 0) is 25.8 Å². The van der Waals surface area contributed by atoms with Crippen LogP contribution in [0.2, 0.25) is 0 Å². The molecule has 2 aliphatic rings. The lowest BCUT2D eigenvalue weighted by Gasteiger charge is -2.09. The largest absolute Gasteiger partial charge is 0.461 e. The Hall–Kier alpha value is -0.570. The third-order valence-corrected chi connectivity index (χ3v) is 2.21. The van der Waals surface area contributed by atoms with Gasteiger partial charge in [0.2, 0.25) is 0 Å². The molecular weight excluding hydrogens is 142 g/mol. The summed E-state index contributed by atoms with van der Waals surface area (Å²) in [7, 11) is 0. The number of esters is 1. The van der Waals surface area contributed by atoms with Gasteiger partial charge in [0.25, 0.3) is 0 Å². The molecule has 1 heterocycles. The average Bonchev–Trinajstić information content (AvgIpc) is 2.73. The van der Waals surface area contributed by atoms with Crippen LogP contribution in [0.4, 0.5) is 0 Å². The molecule has 1 N–H and O–H groups in total. The molecule has 0 unspecified atom stereocenters. The molecule has 62 valence electrons. The smallest absolute Gasteiger partial charge is 0.309 e. The van der Waals surface area contributed by atoms with Crippen molar-refractivity contribution in [2.75, 3.05) is 13.1 Å². The molecule has 0 radical (unpaired) electrons. The third kappa shape index (κ3) is 1.71. The zero-order valence-electron chi connectivity index (χ0n) is 6.51. The van der Waals surface area contributed by atoms with Crippen molar-refractivity contribution in [2.45, 2.75) is 25.4 Å². The number of hydrogen-bond acceptors (Lipinski definition) is 3. The molecule has 2 fully saturated rings. The quantitative estimate of drug-likeness (QED) is 0.583. The van der Waals surface area contributed by atoms with E-state index in [9.17, 15) is 4.79 Å². The van der Waals surface area contributed by atoms with E-state index < -0.39 is 0 Å². The van der Waals surface area contributed by atoms with Crippen LogP contribution in [0.3, 0.4) is 0 Å². The van der Waals surface area contributed by atoms with Crippen molar-refractivity contribution < 1.29 is 9.53 Å². The van der Waals surface area contributed by atoms with Crippen molar-refractivity contribution in [2.24, 2.45) is 5.92 Å². The number of ether oxygens (including phenoxy) is 1. The van der Waals surface area contributed by atoms with E-state index in [2.05, 4.69) is 5.32 Å². The SMILES string of the molecule is O=C(O[C@@H]1CCNC1)C1CC1. The first-order valence-corrected chi connectivity index (χ1v) is 4.27. The van der Waals surface area contributed by atoms with Crippen LogP contribution in [0.1, 0.15) is 19.3 Å². The minimum Gasteiger partial charge on any atom is -0.461 e. The van der Waals surface area contributed by atoms with E-state index in [1.165, 1.54) is 0 Å². The van der Waals surface area contributed by atoms with Gasteiger partial charge in [-0.15, -0.1) is 0 Å². The molecule has 0 aromatic rings. The van der Waals surface area contributed by atoms with Crippen LogP contribution >= 0.6 is 0 Å². The van der Waals surface area contributed by atoms with Crippen LogP contribution in [0, 0.1) is 5.92 Å². The second-order valence-electron chi connectivity index (χ2n) is 3.33. The van der Waals surface area contributed by atoms with Gasteiger partial charge < -0.3 is 10.1 Å². The Bertz CT molecular complexity index is 159. The van der Waals surface area contributed by atoms with Gasteiger partial charge in [-0.25, -0.2) is 0 Å². The van der Waals surface area contributed by atoms with Gasteiger partial charge in [0, 0.05) is 6.54 Å². The number of carbonyl (C=O) groups excluding carboxylic acids is 1. The van der Waals surface area contributed by atoms with E-state index in [1.54, 1.807) is 0 Å². The number of hydrogen-bond donors (Lipinski definition) is 1. The van der Waals surface area contributed by atoms with Crippen molar-refractivity contribution in [3.8, 4) is 0 Å². The van der Waals surface area contributed by atoms with Gasteiger partial charge in [-0.1, -0.05) is 0 Å². The van der Waals surface area contributed by atoms with Gasteiger partial charge in [-0.2, -0.15) is 0 Å². The van der Waals surface area contributed by atoms with Crippen molar-refractivity contribution in [1.82, 2.24) is 5.32 Å². The van der Waals surface area contributed by atoms with Gasteiger partial charge in [0.1, 0.15) is 6.10 Å². The lowest BCUT2D eigenvalue weighted by Crippen LogP contribution is -2.21. The predicted molar refractivity (Wildman–Crippen MR) is 40.1 cm³/mol. The minimum atomic E-state index is 0.0266. The maximum atomic E-state index is 11.1. The van der Waals surface area contributed by atoms with Crippen molar-refractivity contribution in [1.29, 1.82) is 0 Å². The highest BCUT2D eigenvalue weighted by Crippen LogP contribution is 2.30. The molecule has 1 aliphatic carbocycles. The summed E-state index contributed by atoms with van der Waals surface area (Å²) in [6.45, 7) is 1.83. The predicted octanol–water partition coefficient (Wildman–Crippen LogP) is 0.301. The molecule has 0 amide bonds. The van der Waals surface area contributed by atoms with Crippen molar-refractivity contribution in [3.05, 3.63) is 0 Å². The van der Waals surface area contributed by atoms with Gasteiger partial charge >= 0.3 is 5.97 Å². The Morgan fingerprint density at radius 1 is 1.36 bits per heavy atom. The molecule has 1 saturated carbocycles. The molecule has 1 aliphatic heterocycles. The van der Waals surface area contributed by atoms with Gasteiger partial charge in [0.15, 0.2) is 0 Å². The van der Waals surface area contributed by atoms with E-state index in [0.717, 1.165) is 32.4 Å². The second-order valence-corrected chi connectivity index (χ2v) is 3.33. The zero-order valence-corrected chi connectivity index (χ0v) is 6.51. The molecule has 0 spiro atoms. The second kappa shape index (κ2) is 2.81. The van der Waals surface area contributed by atoms with Gasteiger partial charge in [0.05, 0.1) is 5.92 Å². The molecule has 11 heavy (non-hydrogen) atoms. The number of nitrogens with one attached hydrogen (secondary N) is 1. The van der Waals surface area contributed by atoms with E-state index in [4.69, 9.17) is 4.74 Å². The zero-order chi connectivity index (χ0) is 7.68. The summed E-state index contributed by atoms with van der Waals surface area (Å²) in [5, 5.41) is 3.16. The molecule has 3 nitrogen and oxygen atoms in total. The molecule has 1 saturated heterocycles. The Morgan fingerprint density at radius 3 is 2.73 bits per heavy atom. The summed E-state index contributed by atoms with van der Waals surface area (Å²) in [6.07, 6.45) is 3.22. The van der Waals surface area contributed by atoms with Crippen LogP contribution in [-0.4, -0.2) is 25.2 Å². The molecule has 2 rings (SSSR count). The van der Waals surface area contributed by atoms with Gasteiger partial charge in [-0.3, -0.25) is 4.79 Å². The first-order chi connectivity index (χ1) is 5.36. The summed E-state index contributed by atoms with van der Waals surface area (Å²) in [6, 6.07) is 0. The maximum Gasteiger partial charge on any atom is 0.309 e. The van der Waals surface area contributed by atoms with E-state index >= 15 is 0 Å². The summed E-state index contributed by atoms with van der Waals surface area (Å²) < 4.78 is 5.23. The highest BCUT2D eigenvalue weighted by atomic mass is 16.5. The fourth-order valence-corrected chi connectivity index (χ4v) is 1.31. The molecule has 3 heteroatoms. The molecule has 0 aromatic carbocycles. The number of rotatable bonds is 2. The Labute approximate surface area is 66.1 Å². The Kier molecular flexibility index (Phi) is 1.82. The average molecular weight is 155 g/mol. The number of carbonyl (C=O) groups is 1. The van der Waals surface area contributed by atoms with Crippen LogP contribution in [0.25, 0.3) is 0 Å².